The van der Waals surface area contributed by atoms with Crippen molar-refractivity contribution < 1.29 is 28.7 Å². The van der Waals surface area contributed by atoms with E-state index in [0.29, 0.717) is 45.2 Å². The van der Waals surface area contributed by atoms with Crippen LogP contribution in [-0.4, -0.2) is 36.5 Å². The first-order valence-electron chi connectivity index (χ1n) is 13.6. The van der Waals surface area contributed by atoms with E-state index in [1.165, 1.54) is 19.2 Å². The summed E-state index contributed by atoms with van der Waals surface area (Å²) in [5.41, 5.74) is 3.61. The van der Waals surface area contributed by atoms with Crippen molar-refractivity contribution in [3.63, 3.8) is 0 Å². The molecule has 220 valence electrons. The topological polar surface area (TPSA) is 120 Å². The number of hydrogen-bond acceptors (Lipinski definition) is 8. The van der Waals surface area contributed by atoms with Crippen molar-refractivity contribution in [1.29, 1.82) is 0 Å². The van der Waals surface area contributed by atoms with E-state index in [9.17, 15) is 19.7 Å². The van der Waals surface area contributed by atoms with Gasteiger partial charge in [0.05, 0.1) is 35.0 Å². The van der Waals surface area contributed by atoms with Crippen LogP contribution in [0.25, 0.3) is 11.1 Å². The molecule has 4 aromatic rings. The molecule has 1 N–H and O–H groups in total. The van der Waals surface area contributed by atoms with Crippen LogP contribution >= 0.6 is 0 Å². The standard InChI is InChI=1S/C33H31N3O7/c1-20-11-12-22(36(39)40)17-28(20)42-19-26-24(15-16-27-30(26)35(4)32(38)33(2,3)34-27)25-14-13-23(18-29(25)41-5)43-31(37)21-9-7-6-8-10-21/h6-18,34H,19H2,1-5H3. The highest BCUT2D eigenvalue weighted by Crippen LogP contribution is 2.45. The number of nitrogens with zero attached hydrogens (tertiary/aromatic N) is 2. The molecule has 1 aliphatic rings. The molecule has 0 fully saturated rings. The third-order valence-electron chi connectivity index (χ3n) is 7.34. The van der Waals surface area contributed by atoms with Crippen molar-refractivity contribution in [2.24, 2.45) is 0 Å². The van der Waals surface area contributed by atoms with Gasteiger partial charge in [0.2, 0.25) is 0 Å². The van der Waals surface area contributed by atoms with Crippen molar-refractivity contribution in [3.05, 3.63) is 106 Å². The molecular formula is C33H31N3O7. The molecule has 1 aliphatic heterocycles. The van der Waals surface area contributed by atoms with E-state index in [0.717, 1.165) is 11.3 Å². The number of benzene rings is 4. The molecule has 4 aromatic carbocycles. The molecule has 43 heavy (non-hydrogen) atoms. The Hall–Kier alpha value is -5.38. The smallest absolute Gasteiger partial charge is 0.343 e. The first-order chi connectivity index (χ1) is 20.5. The number of methoxy groups -OCH3 is 1. The highest BCUT2D eigenvalue weighted by atomic mass is 16.6. The Morgan fingerprint density at radius 1 is 0.977 bits per heavy atom. The van der Waals surface area contributed by atoms with Gasteiger partial charge < -0.3 is 24.4 Å². The SMILES string of the molecule is COc1cc(OC(=O)c2ccccc2)ccc1-c1ccc2c(c1COc1cc([N+](=O)[O-])ccc1C)N(C)C(=O)C(C)(C)N2. The lowest BCUT2D eigenvalue weighted by molar-refractivity contribution is -0.385. The minimum atomic E-state index is -0.833. The largest absolute Gasteiger partial charge is 0.496 e. The zero-order valence-corrected chi connectivity index (χ0v) is 24.5. The molecule has 10 heteroatoms. The lowest BCUT2D eigenvalue weighted by atomic mass is 9.91. The summed E-state index contributed by atoms with van der Waals surface area (Å²) in [6.45, 7) is 5.42. The lowest BCUT2D eigenvalue weighted by Crippen LogP contribution is -2.52. The zero-order chi connectivity index (χ0) is 30.9. The monoisotopic (exact) mass is 581 g/mol. The Kier molecular flexibility index (Phi) is 7.78. The molecule has 0 atom stereocenters. The number of carbonyl (C=O) groups excluding carboxylic acids is 2. The summed E-state index contributed by atoms with van der Waals surface area (Å²) in [6, 6.07) is 22.0. The van der Waals surface area contributed by atoms with Crippen LogP contribution in [0.2, 0.25) is 0 Å². The van der Waals surface area contributed by atoms with Crippen LogP contribution in [0.3, 0.4) is 0 Å². The summed E-state index contributed by atoms with van der Waals surface area (Å²) in [4.78, 5) is 38.5. The van der Waals surface area contributed by atoms with Crippen molar-refractivity contribution in [3.8, 4) is 28.4 Å². The number of nitrogens with one attached hydrogen (secondary N) is 1. The van der Waals surface area contributed by atoms with Gasteiger partial charge in [-0.15, -0.1) is 0 Å². The van der Waals surface area contributed by atoms with Crippen LogP contribution in [-0.2, 0) is 11.4 Å². The number of likely N-dealkylation sites (N-methyl/N-ethyl adjacent to an activating group) is 1. The second-order valence-electron chi connectivity index (χ2n) is 10.7. The number of hydrogen-bond donors (Lipinski definition) is 1. The predicted octanol–water partition coefficient (Wildman–Crippen LogP) is 6.54. The molecule has 0 aromatic heterocycles. The number of amides is 1. The quantitative estimate of drug-likeness (QED) is 0.108. The maximum absolute atomic E-state index is 13.3. The van der Waals surface area contributed by atoms with Crippen LogP contribution in [0.5, 0.6) is 17.2 Å². The molecule has 0 saturated carbocycles. The third kappa shape index (κ3) is 5.72. The molecule has 0 saturated heterocycles. The van der Waals surface area contributed by atoms with Crippen LogP contribution < -0.4 is 24.4 Å². The van der Waals surface area contributed by atoms with E-state index in [4.69, 9.17) is 14.2 Å². The summed E-state index contributed by atoms with van der Waals surface area (Å²) in [6.07, 6.45) is 0. The van der Waals surface area contributed by atoms with E-state index in [2.05, 4.69) is 5.32 Å². The average molecular weight is 582 g/mol. The molecular weight excluding hydrogens is 550 g/mol. The maximum atomic E-state index is 13.3. The molecule has 0 radical (unpaired) electrons. The number of nitro groups is 1. The number of non-ortho nitro benzene ring substituents is 1. The second-order valence-corrected chi connectivity index (χ2v) is 10.7. The molecule has 10 nitrogen and oxygen atoms in total. The van der Waals surface area contributed by atoms with E-state index in [1.807, 2.05) is 32.0 Å². The molecule has 1 amide bonds. The lowest BCUT2D eigenvalue weighted by Gasteiger charge is -2.39. The van der Waals surface area contributed by atoms with Gasteiger partial charge in [-0.25, -0.2) is 4.79 Å². The van der Waals surface area contributed by atoms with Crippen LogP contribution in [0.15, 0.2) is 78.9 Å². The van der Waals surface area contributed by atoms with Crippen molar-refractivity contribution in [1.82, 2.24) is 0 Å². The summed E-state index contributed by atoms with van der Waals surface area (Å²) in [5, 5.41) is 14.7. The van der Waals surface area contributed by atoms with Gasteiger partial charge in [0.25, 0.3) is 11.6 Å². The van der Waals surface area contributed by atoms with Crippen molar-refractivity contribution in [2.45, 2.75) is 32.9 Å². The Balaban J connectivity index is 1.58. The molecule has 0 bridgehead atoms. The molecule has 5 rings (SSSR count). The van der Waals surface area contributed by atoms with Crippen LogP contribution in [0, 0.1) is 17.0 Å². The van der Waals surface area contributed by atoms with E-state index in [-0.39, 0.29) is 18.2 Å². The normalized spacial score (nSPS) is 13.5. The fraction of sp³-hybridized carbons (Fsp3) is 0.212. The van der Waals surface area contributed by atoms with Gasteiger partial charge in [-0.1, -0.05) is 24.3 Å². The number of nitro benzene ring substituents is 1. The Morgan fingerprint density at radius 3 is 2.40 bits per heavy atom. The molecule has 0 unspecified atom stereocenters. The van der Waals surface area contributed by atoms with Gasteiger partial charge in [0.15, 0.2) is 0 Å². The summed E-state index contributed by atoms with van der Waals surface area (Å²) >= 11 is 0. The van der Waals surface area contributed by atoms with Gasteiger partial charge in [-0.2, -0.15) is 0 Å². The summed E-state index contributed by atoms with van der Waals surface area (Å²) in [7, 11) is 3.22. The average Bonchev–Trinajstić information content (AvgIpc) is 2.99. The fourth-order valence-corrected chi connectivity index (χ4v) is 5.14. The van der Waals surface area contributed by atoms with Gasteiger partial charge in [-0.3, -0.25) is 14.9 Å². The molecule has 0 spiro atoms. The number of aryl methyl sites for hydroxylation is 1. The van der Waals surface area contributed by atoms with Crippen LogP contribution in [0.1, 0.15) is 35.3 Å². The predicted molar refractivity (Wildman–Crippen MR) is 163 cm³/mol. The molecule has 1 heterocycles. The third-order valence-corrected chi connectivity index (χ3v) is 7.34. The van der Waals surface area contributed by atoms with Gasteiger partial charge in [0, 0.05) is 30.3 Å². The number of fused-ring (bicyclic) bond motifs is 1. The van der Waals surface area contributed by atoms with Gasteiger partial charge in [-0.05, 0) is 68.3 Å². The summed E-state index contributed by atoms with van der Waals surface area (Å²) < 4.78 is 17.5. The minimum absolute atomic E-state index is 0.00581. The van der Waals surface area contributed by atoms with Gasteiger partial charge in [0.1, 0.15) is 29.4 Å². The van der Waals surface area contributed by atoms with Crippen LogP contribution in [0.4, 0.5) is 17.1 Å². The van der Waals surface area contributed by atoms with Crippen molar-refractivity contribution in [2.75, 3.05) is 24.4 Å². The molecule has 0 aliphatic carbocycles. The Labute approximate surface area is 249 Å². The van der Waals surface area contributed by atoms with E-state index < -0.39 is 16.4 Å². The number of ether oxygens (including phenoxy) is 3. The van der Waals surface area contributed by atoms with E-state index >= 15 is 0 Å². The highest BCUT2D eigenvalue weighted by Gasteiger charge is 2.38. The first kappa shape index (κ1) is 29.1. The van der Waals surface area contributed by atoms with Gasteiger partial charge >= 0.3 is 5.97 Å². The Bertz CT molecular complexity index is 1730. The zero-order valence-electron chi connectivity index (χ0n) is 24.5. The first-order valence-corrected chi connectivity index (χ1v) is 13.6. The fourth-order valence-electron chi connectivity index (χ4n) is 5.14. The number of anilines is 2. The second kappa shape index (κ2) is 11.5. The minimum Gasteiger partial charge on any atom is -0.496 e. The highest BCUT2D eigenvalue weighted by molar-refractivity contribution is 6.08. The Morgan fingerprint density at radius 2 is 1.70 bits per heavy atom. The maximum Gasteiger partial charge on any atom is 0.343 e. The number of carbonyl (C=O) groups is 2. The van der Waals surface area contributed by atoms with Crippen molar-refractivity contribution >= 4 is 28.9 Å². The summed E-state index contributed by atoms with van der Waals surface area (Å²) in [5.74, 6) is 0.447. The number of rotatable bonds is 8. The van der Waals surface area contributed by atoms with E-state index in [1.54, 1.807) is 67.4 Å². The number of esters is 1.